The molecule has 0 aromatic heterocycles. The SMILES string of the molecule is COC(=O)c1cccc([C@H]2CCNC(=O)[C@@H]2C)c1. The van der Waals surface area contributed by atoms with Gasteiger partial charge in [-0.25, -0.2) is 4.79 Å². The van der Waals surface area contributed by atoms with Crippen molar-refractivity contribution in [3.05, 3.63) is 35.4 Å². The summed E-state index contributed by atoms with van der Waals surface area (Å²) >= 11 is 0. The molecule has 4 heteroatoms. The Balaban J connectivity index is 2.27. The van der Waals surface area contributed by atoms with E-state index in [9.17, 15) is 9.59 Å². The largest absolute Gasteiger partial charge is 0.465 e. The van der Waals surface area contributed by atoms with Crippen molar-refractivity contribution in [2.75, 3.05) is 13.7 Å². The van der Waals surface area contributed by atoms with Crippen molar-refractivity contribution in [2.24, 2.45) is 5.92 Å². The Morgan fingerprint density at radius 3 is 2.94 bits per heavy atom. The lowest BCUT2D eigenvalue weighted by molar-refractivity contribution is -0.126. The van der Waals surface area contributed by atoms with E-state index < -0.39 is 0 Å². The van der Waals surface area contributed by atoms with Gasteiger partial charge in [0.2, 0.25) is 5.91 Å². The topological polar surface area (TPSA) is 55.4 Å². The van der Waals surface area contributed by atoms with E-state index in [-0.39, 0.29) is 23.7 Å². The molecular weight excluding hydrogens is 230 g/mol. The van der Waals surface area contributed by atoms with Crippen molar-refractivity contribution in [3.63, 3.8) is 0 Å². The molecule has 2 atom stereocenters. The highest BCUT2D eigenvalue weighted by atomic mass is 16.5. The maximum Gasteiger partial charge on any atom is 0.337 e. The zero-order valence-corrected chi connectivity index (χ0v) is 10.6. The van der Waals surface area contributed by atoms with E-state index in [1.807, 2.05) is 25.1 Å². The number of ether oxygens (including phenoxy) is 1. The number of piperidine rings is 1. The van der Waals surface area contributed by atoms with Crippen molar-refractivity contribution in [3.8, 4) is 0 Å². The first kappa shape index (κ1) is 12.6. The van der Waals surface area contributed by atoms with Crippen molar-refractivity contribution in [2.45, 2.75) is 19.3 Å². The molecule has 0 unspecified atom stereocenters. The third kappa shape index (κ3) is 2.37. The molecule has 0 aliphatic carbocycles. The van der Waals surface area contributed by atoms with Gasteiger partial charge < -0.3 is 10.1 Å². The first-order valence-electron chi connectivity index (χ1n) is 6.09. The summed E-state index contributed by atoms with van der Waals surface area (Å²) in [6, 6.07) is 7.35. The quantitative estimate of drug-likeness (QED) is 0.809. The molecule has 0 spiro atoms. The minimum atomic E-state index is -0.343. The Morgan fingerprint density at radius 1 is 1.44 bits per heavy atom. The van der Waals surface area contributed by atoms with Gasteiger partial charge >= 0.3 is 5.97 Å². The second-order valence-electron chi connectivity index (χ2n) is 4.59. The van der Waals surface area contributed by atoms with Crippen LogP contribution in [0.2, 0.25) is 0 Å². The fourth-order valence-electron chi connectivity index (χ4n) is 2.41. The second kappa shape index (κ2) is 5.21. The molecule has 1 heterocycles. The van der Waals surface area contributed by atoms with Gasteiger partial charge in [0, 0.05) is 12.5 Å². The van der Waals surface area contributed by atoms with Crippen LogP contribution in [0.1, 0.15) is 35.2 Å². The first-order valence-corrected chi connectivity index (χ1v) is 6.09. The number of rotatable bonds is 2. The lowest BCUT2D eigenvalue weighted by Crippen LogP contribution is -2.39. The molecule has 1 saturated heterocycles. The van der Waals surface area contributed by atoms with Crippen LogP contribution < -0.4 is 5.32 Å². The van der Waals surface area contributed by atoms with Gasteiger partial charge in [-0.1, -0.05) is 19.1 Å². The number of esters is 1. The van der Waals surface area contributed by atoms with Crippen molar-refractivity contribution in [1.29, 1.82) is 0 Å². The smallest absolute Gasteiger partial charge is 0.337 e. The highest BCUT2D eigenvalue weighted by Crippen LogP contribution is 2.31. The summed E-state index contributed by atoms with van der Waals surface area (Å²) in [6.45, 7) is 2.61. The van der Waals surface area contributed by atoms with E-state index in [0.717, 1.165) is 12.0 Å². The fourth-order valence-corrected chi connectivity index (χ4v) is 2.41. The van der Waals surface area contributed by atoms with E-state index in [1.54, 1.807) is 6.07 Å². The summed E-state index contributed by atoms with van der Waals surface area (Å²) in [5.41, 5.74) is 1.56. The summed E-state index contributed by atoms with van der Waals surface area (Å²) in [4.78, 5) is 23.1. The van der Waals surface area contributed by atoms with Gasteiger partial charge in [-0.3, -0.25) is 4.79 Å². The van der Waals surface area contributed by atoms with Crippen LogP contribution >= 0.6 is 0 Å². The number of hydrogen-bond donors (Lipinski definition) is 1. The number of nitrogens with one attached hydrogen (secondary N) is 1. The third-order valence-electron chi connectivity index (χ3n) is 3.51. The van der Waals surface area contributed by atoms with Gasteiger partial charge in [0.25, 0.3) is 0 Å². The van der Waals surface area contributed by atoms with E-state index in [1.165, 1.54) is 7.11 Å². The summed E-state index contributed by atoms with van der Waals surface area (Å²) in [6.07, 6.45) is 0.900. The van der Waals surface area contributed by atoms with Crippen LogP contribution in [0.25, 0.3) is 0 Å². The average Bonchev–Trinajstić information content (AvgIpc) is 2.41. The maximum atomic E-state index is 11.7. The summed E-state index contributed by atoms with van der Waals surface area (Å²) in [7, 11) is 1.37. The average molecular weight is 247 g/mol. The zero-order chi connectivity index (χ0) is 13.1. The predicted molar refractivity (Wildman–Crippen MR) is 67.3 cm³/mol. The molecule has 0 bridgehead atoms. The predicted octanol–water partition coefficient (Wildman–Crippen LogP) is 1.71. The standard InChI is InChI=1S/C14H17NO3/c1-9-12(6-7-15-13(9)16)10-4-3-5-11(8-10)14(17)18-2/h3-5,8-9,12H,6-7H2,1-2H3,(H,15,16)/t9-,12+/m1/s1. The van der Waals surface area contributed by atoms with E-state index in [2.05, 4.69) is 5.32 Å². The molecule has 1 amide bonds. The van der Waals surface area contributed by atoms with Crippen LogP contribution in [0, 0.1) is 5.92 Å². The molecule has 4 nitrogen and oxygen atoms in total. The second-order valence-corrected chi connectivity index (χ2v) is 4.59. The Labute approximate surface area is 106 Å². The summed E-state index contributed by atoms with van der Waals surface area (Å²) in [5, 5.41) is 2.85. The molecule has 1 fully saturated rings. The van der Waals surface area contributed by atoms with Crippen LogP contribution in [0.15, 0.2) is 24.3 Å². The molecule has 1 N–H and O–H groups in total. The molecule has 1 aliphatic rings. The Morgan fingerprint density at radius 2 is 2.22 bits per heavy atom. The van der Waals surface area contributed by atoms with Crippen LogP contribution in [0.4, 0.5) is 0 Å². The van der Waals surface area contributed by atoms with Gasteiger partial charge in [-0.2, -0.15) is 0 Å². The number of carbonyl (C=O) groups excluding carboxylic acids is 2. The first-order chi connectivity index (χ1) is 8.63. The lowest BCUT2D eigenvalue weighted by atomic mass is 9.81. The van der Waals surface area contributed by atoms with E-state index in [4.69, 9.17) is 4.74 Å². The Kier molecular flexibility index (Phi) is 3.65. The van der Waals surface area contributed by atoms with Gasteiger partial charge in [0.15, 0.2) is 0 Å². The van der Waals surface area contributed by atoms with Crippen LogP contribution in [0.5, 0.6) is 0 Å². The molecule has 0 saturated carbocycles. The number of carbonyl (C=O) groups is 2. The van der Waals surface area contributed by atoms with Gasteiger partial charge in [0.1, 0.15) is 0 Å². The molecule has 1 aliphatic heterocycles. The van der Waals surface area contributed by atoms with E-state index >= 15 is 0 Å². The number of amides is 1. The molecule has 1 aromatic carbocycles. The van der Waals surface area contributed by atoms with Crippen LogP contribution in [-0.2, 0) is 9.53 Å². The highest BCUT2D eigenvalue weighted by Gasteiger charge is 2.29. The van der Waals surface area contributed by atoms with Crippen LogP contribution in [-0.4, -0.2) is 25.5 Å². The number of hydrogen-bond acceptors (Lipinski definition) is 3. The lowest BCUT2D eigenvalue weighted by Gasteiger charge is -2.29. The molecule has 2 rings (SSSR count). The van der Waals surface area contributed by atoms with E-state index in [0.29, 0.717) is 12.1 Å². The van der Waals surface area contributed by atoms with Crippen molar-refractivity contribution >= 4 is 11.9 Å². The van der Waals surface area contributed by atoms with Crippen LogP contribution in [0.3, 0.4) is 0 Å². The molecule has 0 radical (unpaired) electrons. The number of methoxy groups -OCH3 is 1. The molecule has 1 aromatic rings. The minimum Gasteiger partial charge on any atom is -0.465 e. The minimum absolute atomic E-state index is 0.0633. The van der Waals surface area contributed by atoms with Crippen molar-refractivity contribution in [1.82, 2.24) is 5.32 Å². The van der Waals surface area contributed by atoms with Crippen molar-refractivity contribution < 1.29 is 14.3 Å². The number of benzene rings is 1. The third-order valence-corrected chi connectivity index (χ3v) is 3.51. The zero-order valence-electron chi connectivity index (χ0n) is 10.6. The van der Waals surface area contributed by atoms with Gasteiger partial charge in [-0.05, 0) is 30.0 Å². The Hall–Kier alpha value is -1.84. The maximum absolute atomic E-state index is 11.7. The van der Waals surface area contributed by atoms with Gasteiger partial charge in [0.05, 0.1) is 12.7 Å². The normalized spacial score (nSPS) is 23.3. The highest BCUT2D eigenvalue weighted by molar-refractivity contribution is 5.89. The molecular formula is C14H17NO3. The molecule has 96 valence electrons. The summed E-state index contributed by atoms with van der Waals surface area (Å²) < 4.78 is 4.71. The molecule has 18 heavy (non-hydrogen) atoms. The monoisotopic (exact) mass is 247 g/mol. The fraction of sp³-hybridized carbons (Fsp3) is 0.429. The van der Waals surface area contributed by atoms with Gasteiger partial charge in [-0.15, -0.1) is 0 Å². The Bertz CT molecular complexity index is 470. The summed E-state index contributed by atoms with van der Waals surface area (Å²) in [5.74, 6) is -0.158.